The molecule has 6 nitrogen and oxygen atoms in total. The van der Waals surface area contributed by atoms with Gasteiger partial charge in [-0.25, -0.2) is 4.79 Å². The summed E-state index contributed by atoms with van der Waals surface area (Å²) in [7, 11) is 0. The minimum absolute atomic E-state index is 0.0244. The van der Waals surface area contributed by atoms with Crippen LogP contribution >= 0.6 is 0 Å². The van der Waals surface area contributed by atoms with Gasteiger partial charge in [0.25, 0.3) is 0 Å². The van der Waals surface area contributed by atoms with Gasteiger partial charge in [0.1, 0.15) is 0 Å². The Bertz CT molecular complexity index is 2260. The van der Waals surface area contributed by atoms with Gasteiger partial charge in [0.15, 0.2) is 5.78 Å². The summed E-state index contributed by atoms with van der Waals surface area (Å²) in [6.07, 6.45) is 11.8. The van der Waals surface area contributed by atoms with E-state index in [4.69, 9.17) is 0 Å². The Balaban J connectivity index is 1.14. The monoisotopic (exact) mass is 748 g/mol. The number of rotatable bonds is 8. The number of fused-ring (bicyclic) bond motifs is 2. The third-order valence-corrected chi connectivity index (χ3v) is 15.6. The zero-order valence-electron chi connectivity index (χ0n) is 33.3. The number of aliphatic hydroxyl groups excluding tert-OH is 1. The van der Waals surface area contributed by atoms with Gasteiger partial charge in [0.05, 0.1) is 18.2 Å². The van der Waals surface area contributed by atoms with E-state index < -0.39 is 27.9 Å². The van der Waals surface area contributed by atoms with Crippen LogP contribution in [0.2, 0.25) is 0 Å². The van der Waals surface area contributed by atoms with Crippen LogP contribution in [0.15, 0.2) is 121 Å². The molecule has 10 rings (SSSR count). The highest BCUT2D eigenvalue weighted by molar-refractivity contribution is 6.14. The fraction of sp³-hybridized carbons (Fsp3) is 0.440. The molecule has 2 spiro atoms. The third-order valence-electron chi connectivity index (χ3n) is 15.6. The maximum atomic E-state index is 15.5. The van der Waals surface area contributed by atoms with E-state index in [0.717, 1.165) is 65.1 Å². The largest absolute Gasteiger partial charge is 0.393 e. The lowest BCUT2D eigenvalue weighted by atomic mass is 9.32. The second kappa shape index (κ2) is 13.3. The molecular weight excluding hydrogens is 693 g/mol. The number of amides is 2. The zero-order chi connectivity index (χ0) is 39.1. The normalized spacial score (nSPS) is 34.1. The van der Waals surface area contributed by atoms with Gasteiger partial charge in [-0.05, 0) is 104 Å². The topological polar surface area (TPSA) is 89.9 Å². The fourth-order valence-electron chi connectivity index (χ4n) is 12.8. The van der Waals surface area contributed by atoms with Crippen molar-refractivity contribution >= 4 is 22.6 Å². The van der Waals surface area contributed by atoms with Crippen molar-refractivity contribution in [2.45, 2.75) is 96.9 Å². The number of hydrogen-bond donors (Lipinski definition) is 3. The highest BCUT2D eigenvalue weighted by Gasteiger charge is 2.74. The van der Waals surface area contributed by atoms with Crippen LogP contribution in [0.3, 0.4) is 0 Å². The van der Waals surface area contributed by atoms with E-state index in [9.17, 15) is 15.0 Å². The number of carbonyl (C=O) groups excluding carboxylic acids is 2. The Kier molecular flexibility index (Phi) is 8.79. The van der Waals surface area contributed by atoms with E-state index in [-0.39, 0.29) is 41.7 Å². The highest BCUT2D eigenvalue weighted by atomic mass is 16.3. The SMILES string of the molecule is CC(C)NC(=O)N(Cc1cccc2ccccc12)C[C@]1(O)CC[C@H]2[C@]34C=C[C@@]5(C=C3C(=O)c3ccccc3-c3ccccc3)CC(O)CC[C@]5(C)[C@H]4CC[C@@]21C. The number of benzene rings is 4. The number of nitrogens with one attached hydrogen (secondary N) is 1. The number of ketones is 1. The lowest BCUT2D eigenvalue weighted by Gasteiger charge is -2.71. The van der Waals surface area contributed by atoms with Crippen molar-refractivity contribution in [2.75, 3.05) is 6.54 Å². The number of aliphatic hydroxyl groups is 2. The molecule has 0 aliphatic heterocycles. The second-order valence-electron chi connectivity index (χ2n) is 18.6. The molecule has 0 radical (unpaired) electrons. The van der Waals surface area contributed by atoms with Crippen LogP contribution in [0.25, 0.3) is 21.9 Å². The zero-order valence-corrected chi connectivity index (χ0v) is 33.3. The van der Waals surface area contributed by atoms with Gasteiger partial charge in [-0.1, -0.05) is 129 Å². The molecule has 0 heterocycles. The van der Waals surface area contributed by atoms with Crippen LogP contribution in [0.4, 0.5) is 4.79 Å². The predicted molar refractivity (Wildman–Crippen MR) is 223 cm³/mol. The summed E-state index contributed by atoms with van der Waals surface area (Å²) >= 11 is 0. The van der Waals surface area contributed by atoms with Gasteiger partial charge in [-0.2, -0.15) is 0 Å². The van der Waals surface area contributed by atoms with Crippen LogP contribution in [0, 0.1) is 33.5 Å². The average molecular weight is 749 g/mol. The lowest BCUT2D eigenvalue weighted by molar-refractivity contribution is -0.174. The summed E-state index contributed by atoms with van der Waals surface area (Å²) in [6.45, 7) is 9.19. The fourth-order valence-corrected chi connectivity index (χ4v) is 12.8. The number of hydrogen-bond acceptors (Lipinski definition) is 4. The summed E-state index contributed by atoms with van der Waals surface area (Å²) in [4.78, 5) is 31.5. The Morgan fingerprint density at radius 1 is 0.804 bits per heavy atom. The first-order valence-corrected chi connectivity index (χ1v) is 20.9. The van der Waals surface area contributed by atoms with Gasteiger partial charge >= 0.3 is 6.03 Å². The van der Waals surface area contributed by atoms with Gasteiger partial charge in [-0.3, -0.25) is 4.79 Å². The molecule has 4 aromatic carbocycles. The molecule has 3 N–H and O–H groups in total. The van der Waals surface area contributed by atoms with Crippen molar-refractivity contribution in [3.8, 4) is 11.1 Å². The summed E-state index contributed by atoms with van der Waals surface area (Å²) in [5.74, 6) is 0.203. The first-order chi connectivity index (χ1) is 26.8. The average Bonchev–Trinajstić information content (AvgIpc) is 3.47. The minimum Gasteiger partial charge on any atom is -0.393 e. The Morgan fingerprint density at radius 3 is 2.29 bits per heavy atom. The maximum absolute atomic E-state index is 15.5. The van der Waals surface area contributed by atoms with Crippen LogP contribution in [-0.2, 0) is 6.54 Å². The smallest absolute Gasteiger partial charge is 0.317 e. The van der Waals surface area contributed by atoms with E-state index in [1.165, 1.54) is 0 Å². The van der Waals surface area contributed by atoms with Crippen LogP contribution in [0.1, 0.15) is 88.6 Å². The molecule has 1 unspecified atom stereocenters. The van der Waals surface area contributed by atoms with Crippen molar-refractivity contribution in [2.24, 2.45) is 33.5 Å². The number of Topliss-reactive ketones (excluding diaryl/α,β-unsaturated/α-hetero) is 1. The number of urea groups is 1. The number of nitrogens with zero attached hydrogens (tertiary/aromatic N) is 1. The summed E-state index contributed by atoms with van der Waals surface area (Å²) < 4.78 is 0. The molecule has 2 amide bonds. The first kappa shape index (κ1) is 37.1. The molecule has 56 heavy (non-hydrogen) atoms. The quantitative estimate of drug-likeness (QED) is 0.124. The van der Waals surface area contributed by atoms with E-state index in [0.29, 0.717) is 24.9 Å². The molecule has 6 heteroatoms. The van der Waals surface area contributed by atoms with Gasteiger partial charge in [0, 0.05) is 40.0 Å². The van der Waals surface area contributed by atoms with Gasteiger partial charge in [0.2, 0.25) is 0 Å². The van der Waals surface area contributed by atoms with Crippen LogP contribution < -0.4 is 5.32 Å². The standard InChI is InChI=1S/C50H56N2O4/c1-33(2)51-45(55)52(31-36-17-12-16-34-15-8-9-18-38(34)36)32-49(56)26-23-43-47(49,4)25-22-42-46(3)24-21-37(53)29-48(46)27-28-50(42,43)41(30-48)44(54)40-20-11-10-19-39(40)35-13-6-5-7-14-35/h5-20,27-28,30,33,37,42-43,53,56H,21-26,29,31-32H2,1-4H3,(H,51,55)/t37?,42-,43-,46-,47+,48+,49-,50-/m1/s1. The van der Waals surface area contributed by atoms with Gasteiger partial charge < -0.3 is 20.4 Å². The Hall–Kier alpha value is -4.52. The molecule has 0 aromatic heterocycles. The van der Waals surface area contributed by atoms with Crippen molar-refractivity contribution < 1.29 is 19.8 Å². The summed E-state index contributed by atoms with van der Waals surface area (Å²) in [6, 6.07) is 32.4. The van der Waals surface area contributed by atoms with Gasteiger partial charge in [-0.15, -0.1) is 0 Å². The Morgan fingerprint density at radius 2 is 1.48 bits per heavy atom. The van der Waals surface area contributed by atoms with Crippen molar-refractivity contribution in [3.63, 3.8) is 0 Å². The van der Waals surface area contributed by atoms with Crippen LogP contribution in [-0.4, -0.2) is 51.2 Å². The summed E-state index contributed by atoms with van der Waals surface area (Å²) in [5.41, 5.74) is 1.59. The number of carbonyl (C=O) groups is 2. The molecular formula is C50H56N2O4. The predicted octanol–water partition coefficient (Wildman–Crippen LogP) is 9.90. The van der Waals surface area contributed by atoms with E-state index in [1.54, 1.807) is 0 Å². The molecule has 3 fully saturated rings. The molecule has 290 valence electrons. The molecule has 0 saturated heterocycles. The molecule has 3 saturated carbocycles. The van der Waals surface area contributed by atoms with Crippen LogP contribution in [0.5, 0.6) is 0 Å². The molecule has 4 aromatic rings. The Labute approximate surface area is 331 Å². The van der Waals surface area contributed by atoms with E-state index >= 15 is 4.79 Å². The highest BCUT2D eigenvalue weighted by Crippen LogP contribution is 2.78. The molecule has 6 aliphatic rings. The van der Waals surface area contributed by atoms with Crippen molar-refractivity contribution in [1.82, 2.24) is 10.2 Å². The molecule has 2 bridgehead atoms. The van der Waals surface area contributed by atoms with E-state index in [1.807, 2.05) is 79.4 Å². The summed E-state index contributed by atoms with van der Waals surface area (Å²) in [5, 5.41) is 29.9. The third kappa shape index (κ3) is 5.35. The molecule has 8 atom stereocenters. The maximum Gasteiger partial charge on any atom is 0.317 e. The lowest BCUT2D eigenvalue weighted by Crippen LogP contribution is -2.67. The number of allylic oxidation sites excluding steroid dienone is 4. The molecule has 6 aliphatic carbocycles. The van der Waals surface area contributed by atoms with Crippen molar-refractivity contribution in [3.05, 3.63) is 132 Å². The first-order valence-electron chi connectivity index (χ1n) is 20.9. The van der Waals surface area contributed by atoms with Crippen molar-refractivity contribution in [1.29, 1.82) is 0 Å². The second-order valence-corrected chi connectivity index (χ2v) is 18.6. The van der Waals surface area contributed by atoms with E-state index in [2.05, 4.69) is 73.8 Å². The minimum atomic E-state index is -1.18.